The summed E-state index contributed by atoms with van der Waals surface area (Å²) in [6.07, 6.45) is 5.77. The second-order valence-corrected chi connectivity index (χ2v) is 5.59. The van der Waals surface area contributed by atoms with E-state index in [1.54, 1.807) is 7.05 Å². The molecule has 2 N–H and O–H groups in total. The summed E-state index contributed by atoms with van der Waals surface area (Å²) in [5.74, 6) is 3.07. The number of nitrogens with one attached hydrogen (secondary N) is 2. The van der Waals surface area contributed by atoms with Crippen molar-refractivity contribution in [1.29, 1.82) is 0 Å². The van der Waals surface area contributed by atoms with Gasteiger partial charge in [-0.15, -0.1) is 24.0 Å². The van der Waals surface area contributed by atoms with Crippen molar-refractivity contribution in [3.05, 3.63) is 11.7 Å². The van der Waals surface area contributed by atoms with Crippen molar-refractivity contribution in [2.24, 2.45) is 10.9 Å². The van der Waals surface area contributed by atoms with Gasteiger partial charge in [-0.25, -0.2) is 0 Å². The first-order chi connectivity index (χ1) is 9.67. The van der Waals surface area contributed by atoms with Crippen LogP contribution in [-0.4, -0.2) is 35.7 Å². The molecule has 1 fully saturated rings. The van der Waals surface area contributed by atoms with Crippen LogP contribution < -0.4 is 10.6 Å². The highest BCUT2D eigenvalue weighted by molar-refractivity contribution is 14.0. The van der Waals surface area contributed by atoms with Gasteiger partial charge in [0.25, 0.3) is 0 Å². The molecule has 120 valence electrons. The molecule has 2 rings (SSSR count). The molecule has 21 heavy (non-hydrogen) atoms. The van der Waals surface area contributed by atoms with Gasteiger partial charge >= 0.3 is 0 Å². The summed E-state index contributed by atoms with van der Waals surface area (Å²) in [7, 11) is 1.80. The summed E-state index contributed by atoms with van der Waals surface area (Å²) in [5, 5.41) is 10.6. The summed E-state index contributed by atoms with van der Waals surface area (Å²) in [6, 6.07) is 0.544. The molecule has 1 aliphatic rings. The quantitative estimate of drug-likeness (QED) is 0.455. The van der Waals surface area contributed by atoms with Crippen LogP contribution in [-0.2, 0) is 6.42 Å². The minimum absolute atomic E-state index is 0. The highest BCUT2D eigenvalue weighted by Crippen LogP contribution is 2.23. The molecule has 0 unspecified atom stereocenters. The zero-order valence-corrected chi connectivity index (χ0v) is 15.4. The summed E-state index contributed by atoms with van der Waals surface area (Å²) in [4.78, 5) is 8.44. The van der Waals surface area contributed by atoms with Crippen LogP contribution in [0.5, 0.6) is 0 Å². The predicted octanol–water partition coefficient (Wildman–Crippen LogP) is 2.28. The number of aromatic nitrogens is 2. The Labute approximate surface area is 143 Å². The Bertz CT molecular complexity index is 440. The number of aryl methyl sites for hydroxylation is 1. The Morgan fingerprint density at radius 2 is 2.05 bits per heavy atom. The van der Waals surface area contributed by atoms with Crippen molar-refractivity contribution in [3.8, 4) is 0 Å². The average Bonchev–Trinajstić information content (AvgIpc) is 2.85. The van der Waals surface area contributed by atoms with Crippen molar-refractivity contribution < 1.29 is 4.52 Å². The number of nitrogens with zero attached hydrogens (tertiary/aromatic N) is 3. The van der Waals surface area contributed by atoms with Crippen LogP contribution in [0, 0.1) is 12.8 Å². The fourth-order valence-corrected chi connectivity index (χ4v) is 2.52. The molecule has 1 aromatic heterocycles. The van der Waals surface area contributed by atoms with E-state index in [9.17, 15) is 0 Å². The monoisotopic (exact) mass is 407 g/mol. The molecule has 1 heterocycles. The number of rotatable bonds is 4. The van der Waals surface area contributed by atoms with Gasteiger partial charge in [0.05, 0.1) is 0 Å². The van der Waals surface area contributed by atoms with Crippen molar-refractivity contribution in [3.63, 3.8) is 0 Å². The lowest BCUT2D eigenvalue weighted by Gasteiger charge is -2.28. The lowest BCUT2D eigenvalue weighted by atomic mass is 9.87. The van der Waals surface area contributed by atoms with Crippen LogP contribution in [0.1, 0.15) is 44.3 Å². The molecule has 0 atom stereocenters. The summed E-state index contributed by atoms with van der Waals surface area (Å²) < 4.78 is 5.08. The Hall–Kier alpha value is -0.860. The topological polar surface area (TPSA) is 75.3 Å². The van der Waals surface area contributed by atoms with E-state index in [0.717, 1.165) is 18.4 Å². The molecule has 0 saturated heterocycles. The minimum atomic E-state index is 0. The number of hydrogen-bond acceptors (Lipinski definition) is 4. The van der Waals surface area contributed by atoms with Gasteiger partial charge in [-0.1, -0.05) is 12.1 Å². The van der Waals surface area contributed by atoms with Gasteiger partial charge < -0.3 is 15.2 Å². The molecule has 0 radical (unpaired) electrons. The van der Waals surface area contributed by atoms with E-state index in [2.05, 4.69) is 32.7 Å². The SMILES string of the molecule is CN=C(NCCc1nc(C)no1)NC1CCC(C)CC1.I. The molecule has 0 aliphatic heterocycles. The van der Waals surface area contributed by atoms with Gasteiger partial charge in [-0.05, 0) is 38.5 Å². The largest absolute Gasteiger partial charge is 0.356 e. The maximum absolute atomic E-state index is 5.08. The maximum Gasteiger partial charge on any atom is 0.228 e. The molecule has 6 nitrogen and oxygen atoms in total. The van der Waals surface area contributed by atoms with Crippen LogP contribution >= 0.6 is 24.0 Å². The number of hydrogen-bond donors (Lipinski definition) is 2. The Morgan fingerprint density at radius 1 is 1.33 bits per heavy atom. The molecule has 0 aromatic carbocycles. The Kier molecular flexibility index (Phi) is 7.98. The third kappa shape index (κ3) is 6.19. The molecule has 1 aliphatic carbocycles. The second kappa shape index (κ2) is 9.22. The van der Waals surface area contributed by atoms with Gasteiger partial charge in [-0.2, -0.15) is 4.98 Å². The van der Waals surface area contributed by atoms with E-state index in [4.69, 9.17) is 4.52 Å². The van der Waals surface area contributed by atoms with Gasteiger partial charge in [-0.3, -0.25) is 4.99 Å². The third-order valence-electron chi connectivity index (χ3n) is 3.78. The number of aliphatic imine (C=N–C) groups is 1. The average molecular weight is 407 g/mol. The van der Waals surface area contributed by atoms with Crippen LogP contribution in [0.15, 0.2) is 9.52 Å². The molecular formula is C14H26IN5O. The number of halogens is 1. The van der Waals surface area contributed by atoms with Crippen molar-refractivity contribution >= 4 is 29.9 Å². The van der Waals surface area contributed by atoms with Crippen LogP contribution in [0.4, 0.5) is 0 Å². The van der Waals surface area contributed by atoms with Crippen LogP contribution in [0.25, 0.3) is 0 Å². The van der Waals surface area contributed by atoms with E-state index < -0.39 is 0 Å². The van der Waals surface area contributed by atoms with Crippen molar-refractivity contribution in [2.45, 2.75) is 52.0 Å². The fourth-order valence-electron chi connectivity index (χ4n) is 2.52. The first-order valence-corrected chi connectivity index (χ1v) is 7.43. The van der Waals surface area contributed by atoms with Crippen molar-refractivity contribution in [2.75, 3.05) is 13.6 Å². The lowest BCUT2D eigenvalue weighted by Crippen LogP contribution is -2.45. The van der Waals surface area contributed by atoms with Crippen molar-refractivity contribution in [1.82, 2.24) is 20.8 Å². The highest BCUT2D eigenvalue weighted by Gasteiger charge is 2.18. The van der Waals surface area contributed by atoms with Gasteiger partial charge in [0, 0.05) is 26.1 Å². The zero-order chi connectivity index (χ0) is 14.4. The van der Waals surface area contributed by atoms with E-state index in [-0.39, 0.29) is 24.0 Å². The third-order valence-corrected chi connectivity index (χ3v) is 3.78. The van der Waals surface area contributed by atoms with Gasteiger partial charge in [0.2, 0.25) is 5.89 Å². The predicted molar refractivity (Wildman–Crippen MR) is 94.1 cm³/mol. The van der Waals surface area contributed by atoms with Gasteiger partial charge in [0.1, 0.15) is 0 Å². The first kappa shape index (κ1) is 18.2. The molecule has 0 amide bonds. The fraction of sp³-hybridized carbons (Fsp3) is 0.786. The first-order valence-electron chi connectivity index (χ1n) is 7.43. The summed E-state index contributed by atoms with van der Waals surface area (Å²) in [6.45, 7) is 4.89. The number of guanidine groups is 1. The van der Waals surface area contributed by atoms with Crippen LogP contribution in [0.3, 0.4) is 0 Å². The Balaban J connectivity index is 0.00000220. The van der Waals surface area contributed by atoms with E-state index in [1.165, 1.54) is 25.7 Å². The summed E-state index contributed by atoms with van der Waals surface area (Å²) in [5.41, 5.74) is 0. The van der Waals surface area contributed by atoms with E-state index in [0.29, 0.717) is 24.2 Å². The molecule has 7 heteroatoms. The van der Waals surface area contributed by atoms with E-state index in [1.807, 2.05) is 6.92 Å². The highest BCUT2D eigenvalue weighted by atomic mass is 127. The molecule has 0 bridgehead atoms. The van der Waals surface area contributed by atoms with Gasteiger partial charge in [0.15, 0.2) is 11.8 Å². The van der Waals surface area contributed by atoms with Crippen LogP contribution in [0.2, 0.25) is 0 Å². The lowest BCUT2D eigenvalue weighted by molar-refractivity contribution is 0.329. The smallest absolute Gasteiger partial charge is 0.228 e. The maximum atomic E-state index is 5.08. The molecule has 0 spiro atoms. The normalized spacial score (nSPS) is 22.5. The Morgan fingerprint density at radius 3 is 2.62 bits per heavy atom. The standard InChI is InChI=1S/C14H25N5O.HI/c1-10-4-6-12(7-5-10)18-14(15-3)16-9-8-13-17-11(2)19-20-13;/h10,12H,4-9H2,1-3H3,(H2,15,16,18);1H. The zero-order valence-electron chi connectivity index (χ0n) is 13.1. The molecular weight excluding hydrogens is 381 g/mol. The second-order valence-electron chi connectivity index (χ2n) is 5.59. The minimum Gasteiger partial charge on any atom is -0.356 e. The molecule has 1 aromatic rings. The van der Waals surface area contributed by atoms with E-state index >= 15 is 0 Å². The summed E-state index contributed by atoms with van der Waals surface area (Å²) >= 11 is 0. The molecule has 1 saturated carbocycles.